The first kappa shape index (κ1) is 8.99. The molecule has 0 spiro atoms. The Bertz CT molecular complexity index is 314. The summed E-state index contributed by atoms with van der Waals surface area (Å²) in [7, 11) is 0. The number of rotatable bonds is 1. The van der Waals surface area contributed by atoms with E-state index in [2.05, 4.69) is 20.9 Å². The van der Waals surface area contributed by atoms with Crippen molar-refractivity contribution in [2.24, 2.45) is 0 Å². The number of carbonyl (C=O) groups is 1. The van der Waals surface area contributed by atoms with Gasteiger partial charge < -0.3 is 10.5 Å². The number of nitrogen functional groups attached to an aromatic ring is 1. The van der Waals surface area contributed by atoms with Crippen molar-refractivity contribution in [1.29, 1.82) is 0 Å². The van der Waals surface area contributed by atoms with Crippen molar-refractivity contribution in [2.45, 2.75) is 6.92 Å². The predicted octanol–water partition coefficient (Wildman–Crippen LogP) is 1.35. The van der Waals surface area contributed by atoms with E-state index in [0.29, 0.717) is 5.69 Å². The minimum absolute atomic E-state index is 0.144. The maximum atomic E-state index is 10.5. The molecule has 1 aromatic heterocycles. The summed E-state index contributed by atoms with van der Waals surface area (Å²) in [6, 6.07) is 1.62. The van der Waals surface area contributed by atoms with Gasteiger partial charge in [0.2, 0.25) is 5.88 Å². The smallest absolute Gasteiger partial charge is 0.309 e. The van der Waals surface area contributed by atoms with Gasteiger partial charge in [0.15, 0.2) is 0 Å². The van der Waals surface area contributed by atoms with E-state index in [-0.39, 0.29) is 5.88 Å². The van der Waals surface area contributed by atoms with E-state index in [1.807, 2.05) is 0 Å². The van der Waals surface area contributed by atoms with Crippen LogP contribution < -0.4 is 10.5 Å². The summed E-state index contributed by atoms with van der Waals surface area (Å²) in [5, 5.41) is 0. The highest BCUT2D eigenvalue weighted by Crippen LogP contribution is 2.21. The molecule has 0 radical (unpaired) electrons. The Morgan fingerprint density at radius 2 is 2.42 bits per heavy atom. The molecule has 4 nitrogen and oxygen atoms in total. The highest BCUT2D eigenvalue weighted by Gasteiger charge is 2.04. The first-order valence-electron chi connectivity index (χ1n) is 3.19. The number of hydrogen-bond acceptors (Lipinski definition) is 4. The van der Waals surface area contributed by atoms with Gasteiger partial charge in [-0.25, -0.2) is 4.98 Å². The molecule has 12 heavy (non-hydrogen) atoms. The molecule has 0 aromatic carbocycles. The molecule has 5 heteroatoms. The van der Waals surface area contributed by atoms with Gasteiger partial charge in [-0.3, -0.25) is 4.79 Å². The summed E-state index contributed by atoms with van der Waals surface area (Å²) >= 11 is 3.18. The van der Waals surface area contributed by atoms with Crippen LogP contribution in [0.1, 0.15) is 6.92 Å². The molecule has 0 fully saturated rings. The predicted molar refractivity (Wildman–Crippen MR) is 47.7 cm³/mol. The van der Waals surface area contributed by atoms with Gasteiger partial charge in [-0.05, 0) is 22.0 Å². The molecule has 0 unspecified atom stereocenters. The minimum atomic E-state index is -0.434. The Morgan fingerprint density at radius 1 is 1.75 bits per heavy atom. The molecule has 0 aliphatic carbocycles. The van der Waals surface area contributed by atoms with Crippen molar-refractivity contribution in [3.8, 4) is 5.88 Å². The van der Waals surface area contributed by atoms with Crippen LogP contribution in [-0.4, -0.2) is 11.0 Å². The van der Waals surface area contributed by atoms with Crippen molar-refractivity contribution in [3.63, 3.8) is 0 Å². The normalized spacial score (nSPS) is 9.50. The number of aromatic nitrogens is 1. The fraction of sp³-hybridized carbons (Fsp3) is 0.143. The molecule has 0 saturated heterocycles. The van der Waals surface area contributed by atoms with Crippen LogP contribution in [0.25, 0.3) is 0 Å². The lowest BCUT2D eigenvalue weighted by atomic mass is 10.4. The number of carbonyl (C=O) groups excluding carboxylic acids is 1. The zero-order valence-corrected chi connectivity index (χ0v) is 7.96. The molecule has 0 saturated carbocycles. The molecular weight excluding hydrogens is 224 g/mol. The number of anilines is 1. The first-order valence-corrected chi connectivity index (χ1v) is 3.98. The second kappa shape index (κ2) is 3.53. The summed E-state index contributed by atoms with van der Waals surface area (Å²) in [4.78, 5) is 14.3. The van der Waals surface area contributed by atoms with E-state index in [1.54, 1.807) is 6.07 Å². The highest BCUT2D eigenvalue weighted by atomic mass is 79.9. The number of halogens is 1. The fourth-order valence-electron chi connectivity index (χ4n) is 0.664. The summed E-state index contributed by atoms with van der Waals surface area (Å²) in [5.74, 6) is -0.290. The van der Waals surface area contributed by atoms with Gasteiger partial charge in [0.25, 0.3) is 0 Å². The quantitative estimate of drug-likeness (QED) is 0.741. The number of nitrogens with two attached hydrogens (primary N) is 1. The Balaban J connectivity index is 2.93. The number of hydrogen-bond donors (Lipinski definition) is 1. The highest BCUT2D eigenvalue weighted by molar-refractivity contribution is 9.10. The van der Waals surface area contributed by atoms with Crippen LogP contribution >= 0.6 is 15.9 Å². The maximum absolute atomic E-state index is 10.5. The van der Waals surface area contributed by atoms with Crippen LogP contribution in [0.3, 0.4) is 0 Å². The molecule has 0 bridgehead atoms. The largest absolute Gasteiger partial charge is 0.405 e. The van der Waals surface area contributed by atoms with Crippen LogP contribution in [0.4, 0.5) is 5.69 Å². The van der Waals surface area contributed by atoms with E-state index in [0.717, 1.165) is 4.47 Å². The van der Waals surface area contributed by atoms with Crippen LogP contribution in [0.15, 0.2) is 16.7 Å². The summed E-state index contributed by atoms with van der Waals surface area (Å²) in [6.07, 6.45) is 1.51. The van der Waals surface area contributed by atoms with E-state index in [9.17, 15) is 4.79 Å². The van der Waals surface area contributed by atoms with Crippen LogP contribution in [-0.2, 0) is 4.79 Å². The molecule has 1 aromatic rings. The van der Waals surface area contributed by atoms with Gasteiger partial charge in [0, 0.05) is 17.6 Å². The number of nitrogens with zero attached hydrogens (tertiary/aromatic N) is 1. The maximum Gasteiger partial charge on any atom is 0.309 e. The van der Waals surface area contributed by atoms with E-state index in [1.165, 1.54) is 13.1 Å². The van der Waals surface area contributed by atoms with Gasteiger partial charge in [-0.15, -0.1) is 0 Å². The Hall–Kier alpha value is -1.10. The van der Waals surface area contributed by atoms with Crippen molar-refractivity contribution < 1.29 is 9.53 Å². The molecule has 1 heterocycles. The molecular formula is C7H7BrN2O2. The third-order valence-corrected chi connectivity index (χ3v) is 1.52. The molecule has 0 aliphatic heterocycles. The minimum Gasteiger partial charge on any atom is -0.405 e. The lowest BCUT2D eigenvalue weighted by molar-refractivity contribution is -0.132. The topological polar surface area (TPSA) is 65.2 Å². The number of ether oxygens (including phenoxy) is 1. The number of esters is 1. The number of pyridine rings is 1. The molecule has 0 amide bonds. The van der Waals surface area contributed by atoms with Crippen LogP contribution in [0.5, 0.6) is 5.88 Å². The standard InChI is InChI=1S/C7H7BrN2O2/c1-4(11)12-7-6(9)2-5(8)3-10-7/h2-3H,9H2,1H3. The van der Waals surface area contributed by atoms with Crippen molar-refractivity contribution >= 4 is 27.6 Å². The Kier molecular flexibility index (Phi) is 2.65. The monoisotopic (exact) mass is 230 g/mol. The summed E-state index contributed by atoms with van der Waals surface area (Å²) in [5.41, 5.74) is 5.83. The van der Waals surface area contributed by atoms with Crippen molar-refractivity contribution in [3.05, 3.63) is 16.7 Å². The third-order valence-electron chi connectivity index (χ3n) is 1.09. The van der Waals surface area contributed by atoms with Gasteiger partial charge in [-0.2, -0.15) is 0 Å². The Labute approximate surface area is 77.9 Å². The van der Waals surface area contributed by atoms with Gasteiger partial charge in [0.05, 0.1) is 5.69 Å². The first-order chi connectivity index (χ1) is 5.59. The van der Waals surface area contributed by atoms with Crippen molar-refractivity contribution in [2.75, 3.05) is 5.73 Å². The molecule has 2 N–H and O–H groups in total. The average Bonchev–Trinajstić information content (AvgIpc) is 1.94. The van der Waals surface area contributed by atoms with Crippen molar-refractivity contribution in [1.82, 2.24) is 4.98 Å². The second-order valence-corrected chi connectivity index (χ2v) is 3.06. The fourth-order valence-corrected chi connectivity index (χ4v) is 1.01. The summed E-state index contributed by atoms with van der Waals surface area (Å²) in [6.45, 7) is 1.29. The van der Waals surface area contributed by atoms with Gasteiger partial charge >= 0.3 is 5.97 Å². The molecule has 64 valence electrons. The lowest BCUT2D eigenvalue weighted by Gasteiger charge is -2.02. The second-order valence-electron chi connectivity index (χ2n) is 2.14. The average molecular weight is 231 g/mol. The molecule has 0 aliphatic rings. The van der Waals surface area contributed by atoms with E-state index >= 15 is 0 Å². The molecule has 0 atom stereocenters. The SMILES string of the molecule is CC(=O)Oc1ncc(Br)cc1N. The summed E-state index contributed by atoms with van der Waals surface area (Å²) < 4.78 is 5.45. The van der Waals surface area contributed by atoms with Crippen LogP contribution in [0.2, 0.25) is 0 Å². The Morgan fingerprint density at radius 3 is 2.92 bits per heavy atom. The zero-order valence-electron chi connectivity index (χ0n) is 6.37. The van der Waals surface area contributed by atoms with Crippen LogP contribution in [0, 0.1) is 0 Å². The molecule has 1 rings (SSSR count). The van der Waals surface area contributed by atoms with E-state index < -0.39 is 5.97 Å². The van der Waals surface area contributed by atoms with Gasteiger partial charge in [0.1, 0.15) is 0 Å². The van der Waals surface area contributed by atoms with E-state index in [4.69, 9.17) is 10.5 Å². The lowest BCUT2D eigenvalue weighted by Crippen LogP contribution is -2.05. The zero-order chi connectivity index (χ0) is 9.14. The third kappa shape index (κ3) is 2.20. The van der Waals surface area contributed by atoms with Gasteiger partial charge in [-0.1, -0.05) is 0 Å².